The lowest BCUT2D eigenvalue weighted by molar-refractivity contribution is -0.141. The molecule has 2 heterocycles. The third kappa shape index (κ3) is 2.44. The summed E-state index contributed by atoms with van der Waals surface area (Å²) in [5.74, 6) is -1.14. The molecule has 110 valence electrons. The Balaban J connectivity index is 1.98. The normalized spacial score (nSPS) is 18.4. The van der Waals surface area contributed by atoms with E-state index in [0.717, 1.165) is 15.4 Å². The molecule has 1 amide bonds. The van der Waals surface area contributed by atoms with Gasteiger partial charge in [-0.2, -0.15) is 0 Å². The second-order valence-electron chi connectivity index (χ2n) is 5.27. The lowest BCUT2D eigenvalue weighted by Gasteiger charge is -2.19. The molecule has 3 rings (SSSR count). The maximum absolute atomic E-state index is 12.5. The number of benzene rings is 1. The number of hydrogen-bond donors (Lipinski definition) is 1. The highest BCUT2D eigenvalue weighted by molar-refractivity contribution is 9.10. The monoisotopic (exact) mass is 351 g/mol. The number of aliphatic carboxylic acids is 1. The smallest absolute Gasteiger partial charge is 0.326 e. The third-order valence-corrected chi connectivity index (χ3v) is 4.31. The van der Waals surface area contributed by atoms with Crippen LogP contribution in [-0.2, 0) is 4.79 Å². The number of furan rings is 1. The summed E-state index contributed by atoms with van der Waals surface area (Å²) in [5.41, 5.74) is 1.66. The van der Waals surface area contributed by atoms with Crippen LogP contribution in [0.2, 0.25) is 0 Å². The predicted octanol–water partition coefficient (Wildman–Crippen LogP) is 3.19. The molecule has 1 saturated heterocycles. The number of carbonyl (C=O) groups is 2. The molecule has 1 unspecified atom stereocenters. The van der Waals surface area contributed by atoms with E-state index in [4.69, 9.17) is 9.52 Å². The Kier molecular flexibility index (Phi) is 3.49. The van der Waals surface area contributed by atoms with E-state index in [0.29, 0.717) is 25.0 Å². The van der Waals surface area contributed by atoms with Crippen molar-refractivity contribution in [2.45, 2.75) is 25.8 Å². The molecule has 2 aromatic rings. The van der Waals surface area contributed by atoms with Gasteiger partial charge in [0.05, 0.1) is 4.47 Å². The van der Waals surface area contributed by atoms with E-state index in [1.807, 2.05) is 19.1 Å². The van der Waals surface area contributed by atoms with Crippen LogP contribution in [0, 0.1) is 6.92 Å². The highest BCUT2D eigenvalue weighted by Crippen LogP contribution is 2.30. The van der Waals surface area contributed by atoms with Crippen LogP contribution in [0.3, 0.4) is 0 Å². The van der Waals surface area contributed by atoms with Crippen LogP contribution in [0.4, 0.5) is 0 Å². The van der Waals surface area contributed by atoms with Gasteiger partial charge in [0.25, 0.3) is 5.91 Å². The molecular formula is C15H14BrNO4. The van der Waals surface area contributed by atoms with Crippen molar-refractivity contribution in [3.63, 3.8) is 0 Å². The molecule has 5 nitrogen and oxygen atoms in total. The lowest BCUT2D eigenvalue weighted by Crippen LogP contribution is -2.40. The zero-order valence-electron chi connectivity index (χ0n) is 11.4. The van der Waals surface area contributed by atoms with E-state index in [1.54, 1.807) is 6.07 Å². The van der Waals surface area contributed by atoms with E-state index >= 15 is 0 Å². The number of amides is 1. The van der Waals surface area contributed by atoms with Crippen molar-refractivity contribution in [1.29, 1.82) is 0 Å². The van der Waals surface area contributed by atoms with E-state index < -0.39 is 12.0 Å². The van der Waals surface area contributed by atoms with Crippen molar-refractivity contribution >= 4 is 38.8 Å². The minimum atomic E-state index is -0.964. The van der Waals surface area contributed by atoms with Crippen molar-refractivity contribution in [2.24, 2.45) is 0 Å². The molecule has 1 atom stereocenters. The first-order valence-electron chi connectivity index (χ1n) is 6.71. The Morgan fingerprint density at radius 2 is 2.14 bits per heavy atom. The standard InChI is InChI=1S/C15H14BrNO4/c1-8-5-9-7-12(21-13(9)10(16)6-8)14(18)17-4-2-3-11(17)15(19)20/h5-7,11H,2-4H2,1H3,(H,19,20). The summed E-state index contributed by atoms with van der Waals surface area (Å²) in [5, 5.41) is 10.00. The molecule has 0 spiro atoms. The van der Waals surface area contributed by atoms with Gasteiger partial charge in [-0.05, 0) is 59.5 Å². The number of likely N-dealkylation sites (tertiary alicyclic amines) is 1. The predicted molar refractivity (Wildman–Crippen MR) is 80.3 cm³/mol. The molecular weight excluding hydrogens is 338 g/mol. The van der Waals surface area contributed by atoms with Gasteiger partial charge in [0.15, 0.2) is 5.76 Å². The Morgan fingerprint density at radius 1 is 1.38 bits per heavy atom. The van der Waals surface area contributed by atoms with Crippen LogP contribution in [-0.4, -0.2) is 34.5 Å². The Labute approximate surface area is 129 Å². The molecule has 21 heavy (non-hydrogen) atoms. The van der Waals surface area contributed by atoms with Crippen LogP contribution in [0.1, 0.15) is 29.0 Å². The van der Waals surface area contributed by atoms with Crippen molar-refractivity contribution in [1.82, 2.24) is 4.90 Å². The molecule has 1 N–H and O–H groups in total. The van der Waals surface area contributed by atoms with E-state index in [1.165, 1.54) is 4.90 Å². The average Bonchev–Trinajstić information content (AvgIpc) is 3.03. The van der Waals surface area contributed by atoms with Gasteiger partial charge in [0.1, 0.15) is 11.6 Å². The number of halogens is 1. The van der Waals surface area contributed by atoms with Crippen molar-refractivity contribution in [2.75, 3.05) is 6.54 Å². The first-order chi connectivity index (χ1) is 9.97. The van der Waals surface area contributed by atoms with Crippen molar-refractivity contribution < 1.29 is 19.1 Å². The number of rotatable bonds is 2. The third-order valence-electron chi connectivity index (χ3n) is 3.72. The van der Waals surface area contributed by atoms with E-state index in [-0.39, 0.29) is 11.7 Å². The van der Waals surface area contributed by atoms with Gasteiger partial charge in [0.2, 0.25) is 0 Å². The number of hydrogen-bond acceptors (Lipinski definition) is 3. The van der Waals surface area contributed by atoms with Crippen molar-refractivity contribution in [3.05, 3.63) is 34.0 Å². The second-order valence-corrected chi connectivity index (χ2v) is 6.12. The van der Waals surface area contributed by atoms with E-state index in [9.17, 15) is 9.59 Å². The largest absolute Gasteiger partial charge is 0.480 e. The molecule has 0 bridgehead atoms. The van der Waals surface area contributed by atoms with Gasteiger partial charge in [-0.3, -0.25) is 4.79 Å². The highest BCUT2D eigenvalue weighted by Gasteiger charge is 2.35. The summed E-state index contributed by atoms with van der Waals surface area (Å²) in [6, 6.07) is 4.76. The number of carboxylic acids is 1. The fourth-order valence-corrected chi connectivity index (χ4v) is 3.44. The molecule has 0 saturated carbocycles. The SMILES string of the molecule is Cc1cc(Br)c2oc(C(=O)N3CCCC3C(=O)O)cc2c1. The number of aryl methyl sites for hydroxylation is 1. The summed E-state index contributed by atoms with van der Waals surface area (Å²) in [7, 11) is 0. The lowest BCUT2D eigenvalue weighted by atomic mass is 10.2. The van der Waals surface area contributed by atoms with Gasteiger partial charge in [-0.25, -0.2) is 4.79 Å². The molecule has 0 radical (unpaired) electrons. The highest BCUT2D eigenvalue weighted by atomic mass is 79.9. The Bertz CT molecular complexity index is 737. The first kappa shape index (κ1) is 14.1. The zero-order valence-corrected chi connectivity index (χ0v) is 13.0. The molecule has 0 aliphatic carbocycles. The first-order valence-corrected chi connectivity index (χ1v) is 7.50. The van der Waals surface area contributed by atoms with Crippen LogP contribution < -0.4 is 0 Å². The molecule has 1 aliphatic rings. The van der Waals surface area contributed by atoms with Crippen molar-refractivity contribution in [3.8, 4) is 0 Å². The minimum Gasteiger partial charge on any atom is -0.480 e. The topological polar surface area (TPSA) is 70.8 Å². The fraction of sp³-hybridized carbons (Fsp3) is 0.333. The Morgan fingerprint density at radius 3 is 2.86 bits per heavy atom. The second kappa shape index (κ2) is 5.18. The van der Waals surface area contributed by atoms with Gasteiger partial charge >= 0.3 is 5.97 Å². The van der Waals surface area contributed by atoms with Gasteiger partial charge in [-0.1, -0.05) is 0 Å². The molecule has 1 aromatic carbocycles. The van der Waals surface area contributed by atoms with Crippen LogP contribution >= 0.6 is 15.9 Å². The maximum Gasteiger partial charge on any atom is 0.326 e. The summed E-state index contributed by atoms with van der Waals surface area (Å²) in [6.45, 7) is 2.41. The summed E-state index contributed by atoms with van der Waals surface area (Å²) in [6.07, 6.45) is 1.19. The Hall–Kier alpha value is -1.82. The minimum absolute atomic E-state index is 0.185. The number of fused-ring (bicyclic) bond motifs is 1. The van der Waals surface area contributed by atoms with Crippen LogP contribution in [0.25, 0.3) is 11.0 Å². The van der Waals surface area contributed by atoms with Crippen LogP contribution in [0.5, 0.6) is 0 Å². The zero-order chi connectivity index (χ0) is 15.1. The van der Waals surface area contributed by atoms with Gasteiger partial charge < -0.3 is 14.4 Å². The van der Waals surface area contributed by atoms with Gasteiger partial charge in [0, 0.05) is 11.9 Å². The molecule has 1 fully saturated rings. The van der Waals surface area contributed by atoms with E-state index in [2.05, 4.69) is 15.9 Å². The average molecular weight is 352 g/mol. The summed E-state index contributed by atoms with van der Waals surface area (Å²) in [4.78, 5) is 25.0. The fourth-order valence-electron chi connectivity index (χ4n) is 2.76. The molecule has 6 heteroatoms. The number of carbonyl (C=O) groups excluding carboxylic acids is 1. The molecule has 1 aromatic heterocycles. The number of carboxylic acid groups (broad SMARTS) is 1. The van der Waals surface area contributed by atoms with Crippen LogP contribution in [0.15, 0.2) is 27.1 Å². The molecule has 1 aliphatic heterocycles. The maximum atomic E-state index is 12.5. The quantitative estimate of drug-likeness (QED) is 0.901. The summed E-state index contributed by atoms with van der Waals surface area (Å²) < 4.78 is 6.41. The summed E-state index contributed by atoms with van der Waals surface area (Å²) >= 11 is 3.42. The van der Waals surface area contributed by atoms with Gasteiger partial charge in [-0.15, -0.1) is 0 Å². The number of nitrogens with zero attached hydrogens (tertiary/aromatic N) is 1.